The molecule has 1 unspecified atom stereocenters. The van der Waals surface area contributed by atoms with Gasteiger partial charge in [-0.2, -0.15) is 0 Å². The summed E-state index contributed by atoms with van der Waals surface area (Å²) in [5.41, 5.74) is 1.28. The first-order chi connectivity index (χ1) is 7.00. The Kier molecular flexibility index (Phi) is 3.72. The second-order valence-electron chi connectivity index (χ2n) is 4.06. The highest BCUT2D eigenvalue weighted by atomic mass is 16.4. The quantitative estimate of drug-likeness (QED) is 0.798. The number of nitrogens with one attached hydrogen (secondary N) is 1. The predicted molar refractivity (Wildman–Crippen MR) is 61.3 cm³/mol. The van der Waals surface area contributed by atoms with Gasteiger partial charge < -0.3 is 10.4 Å². The Hall–Kier alpha value is -1.51. The topological polar surface area (TPSA) is 49.3 Å². The highest BCUT2D eigenvalue weighted by molar-refractivity contribution is 5.87. The van der Waals surface area contributed by atoms with Crippen molar-refractivity contribution in [3.8, 4) is 0 Å². The summed E-state index contributed by atoms with van der Waals surface area (Å²) in [5.74, 6) is -0.345. The maximum absolute atomic E-state index is 10.6. The zero-order valence-electron chi connectivity index (χ0n) is 9.32. The lowest BCUT2D eigenvalue weighted by molar-refractivity contribution is 0.0697. The average molecular weight is 207 g/mol. The Morgan fingerprint density at radius 1 is 1.20 bits per heavy atom. The van der Waals surface area contributed by atoms with Crippen molar-refractivity contribution in [3.05, 3.63) is 29.8 Å². The molecule has 0 fully saturated rings. The molecule has 3 nitrogen and oxygen atoms in total. The third-order valence-electron chi connectivity index (χ3n) is 2.53. The van der Waals surface area contributed by atoms with Gasteiger partial charge in [0.2, 0.25) is 0 Å². The van der Waals surface area contributed by atoms with Crippen LogP contribution in [0, 0.1) is 5.92 Å². The molecular formula is C12H17NO2. The molecule has 0 heterocycles. The van der Waals surface area contributed by atoms with Crippen molar-refractivity contribution in [3.63, 3.8) is 0 Å². The first-order valence-electron chi connectivity index (χ1n) is 5.10. The van der Waals surface area contributed by atoms with Gasteiger partial charge in [0, 0.05) is 11.7 Å². The van der Waals surface area contributed by atoms with E-state index in [9.17, 15) is 4.79 Å². The van der Waals surface area contributed by atoms with Gasteiger partial charge in [0.05, 0.1) is 5.56 Å². The molecule has 0 bridgehead atoms. The van der Waals surface area contributed by atoms with Gasteiger partial charge in [0.25, 0.3) is 0 Å². The molecule has 0 aliphatic carbocycles. The lowest BCUT2D eigenvalue weighted by atomic mass is 10.1. The van der Waals surface area contributed by atoms with Crippen LogP contribution in [0.5, 0.6) is 0 Å². The molecule has 2 N–H and O–H groups in total. The fraction of sp³-hybridized carbons (Fsp3) is 0.417. The molecule has 1 aromatic rings. The lowest BCUT2D eigenvalue weighted by Gasteiger charge is -2.18. The number of carbonyl (C=O) groups is 1. The number of carboxylic acid groups (broad SMARTS) is 1. The van der Waals surface area contributed by atoms with Crippen molar-refractivity contribution in [1.29, 1.82) is 0 Å². The van der Waals surface area contributed by atoms with Gasteiger partial charge in [0.15, 0.2) is 0 Å². The third-order valence-corrected chi connectivity index (χ3v) is 2.53. The maximum atomic E-state index is 10.6. The number of rotatable bonds is 4. The monoisotopic (exact) mass is 207 g/mol. The van der Waals surface area contributed by atoms with Crippen LogP contribution in [0.3, 0.4) is 0 Å². The van der Waals surface area contributed by atoms with E-state index in [-0.39, 0.29) is 0 Å². The molecule has 0 radical (unpaired) electrons. The Balaban J connectivity index is 2.68. The molecule has 0 spiro atoms. The smallest absolute Gasteiger partial charge is 0.335 e. The van der Waals surface area contributed by atoms with Crippen LogP contribution in [0.2, 0.25) is 0 Å². The van der Waals surface area contributed by atoms with Crippen molar-refractivity contribution >= 4 is 11.7 Å². The predicted octanol–water partition coefficient (Wildman–Crippen LogP) is 2.84. The van der Waals surface area contributed by atoms with E-state index in [4.69, 9.17) is 5.11 Å². The number of carboxylic acids is 1. The molecule has 1 rings (SSSR count). The van der Waals surface area contributed by atoms with Crippen molar-refractivity contribution in [2.45, 2.75) is 26.8 Å². The molecule has 1 atom stereocenters. The van der Waals surface area contributed by atoms with Gasteiger partial charge in [-0.25, -0.2) is 4.79 Å². The third kappa shape index (κ3) is 3.27. The van der Waals surface area contributed by atoms with Crippen molar-refractivity contribution in [2.75, 3.05) is 5.32 Å². The van der Waals surface area contributed by atoms with Gasteiger partial charge in [-0.05, 0) is 37.1 Å². The zero-order chi connectivity index (χ0) is 11.4. The summed E-state index contributed by atoms with van der Waals surface area (Å²) in [4.78, 5) is 10.6. The van der Waals surface area contributed by atoms with E-state index in [2.05, 4.69) is 26.1 Å². The maximum Gasteiger partial charge on any atom is 0.335 e. The second kappa shape index (κ2) is 4.82. The molecule has 0 aromatic heterocycles. The second-order valence-corrected chi connectivity index (χ2v) is 4.06. The molecule has 0 saturated heterocycles. The van der Waals surface area contributed by atoms with Gasteiger partial charge in [0.1, 0.15) is 0 Å². The van der Waals surface area contributed by atoms with Crippen molar-refractivity contribution in [2.24, 2.45) is 5.92 Å². The Morgan fingerprint density at radius 2 is 1.73 bits per heavy atom. The van der Waals surface area contributed by atoms with Crippen LogP contribution in [0.1, 0.15) is 31.1 Å². The summed E-state index contributed by atoms with van der Waals surface area (Å²) in [6.45, 7) is 6.39. The van der Waals surface area contributed by atoms with E-state index < -0.39 is 5.97 Å². The molecule has 0 aliphatic heterocycles. The SMILES string of the molecule is CC(C)C(C)Nc1ccc(C(=O)O)cc1. The van der Waals surface area contributed by atoms with Crippen LogP contribution in [0.25, 0.3) is 0 Å². The molecule has 0 amide bonds. The van der Waals surface area contributed by atoms with Crippen LogP contribution >= 0.6 is 0 Å². The minimum atomic E-state index is -0.890. The van der Waals surface area contributed by atoms with E-state index in [1.807, 2.05) is 0 Å². The molecule has 15 heavy (non-hydrogen) atoms. The summed E-state index contributed by atoms with van der Waals surface area (Å²) in [6.07, 6.45) is 0. The summed E-state index contributed by atoms with van der Waals surface area (Å²) >= 11 is 0. The van der Waals surface area contributed by atoms with E-state index in [1.165, 1.54) is 0 Å². The first kappa shape index (κ1) is 11.6. The number of hydrogen-bond donors (Lipinski definition) is 2. The molecular weight excluding hydrogens is 190 g/mol. The number of aromatic carboxylic acids is 1. The Labute approximate surface area is 90.1 Å². The number of anilines is 1. The van der Waals surface area contributed by atoms with E-state index >= 15 is 0 Å². The molecule has 82 valence electrons. The van der Waals surface area contributed by atoms with E-state index in [0.29, 0.717) is 17.5 Å². The normalized spacial score (nSPS) is 12.5. The number of hydrogen-bond acceptors (Lipinski definition) is 2. The summed E-state index contributed by atoms with van der Waals surface area (Å²) < 4.78 is 0. The first-order valence-corrected chi connectivity index (χ1v) is 5.10. The molecule has 0 saturated carbocycles. The fourth-order valence-corrected chi connectivity index (χ4v) is 1.14. The van der Waals surface area contributed by atoms with Crippen molar-refractivity contribution < 1.29 is 9.90 Å². The van der Waals surface area contributed by atoms with Crippen molar-refractivity contribution in [1.82, 2.24) is 0 Å². The zero-order valence-corrected chi connectivity index (χ0v) is 9.32. The summed E-state index contributed by atoms with van der Waals surface area (Å²) in [7, 11) is 0. The van der Waals surface area contributed by atoms with Gasteiger partial charge in [-0.1, -0.05) is 13.8 Å². The van der Waals surface area contributed by atoms with Crippen LogP contribution in [0.4, 0.5) is 5.69 Å². The van der Waals surface area contributed by atoms with Gasteiger partial charge in [-0.3, -0.25) is 0 Å². The van der Waals surface area contributed by atoms with Crippen LogP contribution in [0.15, 0.2) is 24.3 Å². The van der Waals surface area contributed by atoms with Gasteiger partial charge >= 0.3 is 5.97 Å². The van der Waals surface area contributed by atoms with E-state index in [1.54, 1.807) is 24.3 Å². The summed E-state index contributed by atoms with van der Waals surface area (Å²) in [5, 5.41) is 12.0. The number of benzene rings is 1. The minimum absolute atomic E-state index is 0.317. The average Bonchev–Trinajstić information content (AvgIpc) is 2.18. The van der Waals surface area contributed by atoms with Crippen LogP contribution < -0.4 is 5.32 Å². The summed E-state index contributed by atoms with van der Waals surface area (Å²) in [6, 6.07) is 7.18. The molecule has 1 aromatic carbocycles. The fourth-order valence-electron chi connectivity index (χ4n) is 1.14. The highest BCUT2D eigenvalue weighted by Crippen LogP contribution is 2.13. The largest absolute Gasteiger partial charge is 0.478 e. The standard InChI is InChI=1S/C12H17NO2/c1-8(2)9(3)13-11-6-4-10(5-7-11)12(14)15/h4-9,13H,1-3H3,(H,14,15). The van der Waals surface area contributed by atoms with Gasteiger partial charge in [-0.15, -0.1) is 0 Å². The highest BCUT2D eigenvalue weighted by Gasteiger charge is 2.07. The van der Waals surface area contributed by atoms with Crippen LogP contribution in [-0.2, 0) is 0 Å². The molecule has 3 heteroatoms. The Bertz CT molecular complexity index is 330. The Morgan fingerprint density at radius 3 is 2.13 bits per heavy atom. The van der Waals surface area contributed by atoms with Crippen LogP contribution in [-0.4, -0.2) is 17.1 Å². The van der Waals surface area contributed by atoms with E-state index in [0.717, 1.165) is 5.69 Å². The lowest BCUT2D eigenvalue weighted by Crippen LogP contribution is -2.21. The minimum Gasteiger partial charge on any atom is -0.478 e. The molecule has 0 aliphatic rings.